The second-order valence-electron chi connectivity index (χ2n) is 2.62. The number of hydrogen-bond donors (Lipinski definition) is 1. The highest BCUT2D eigenvalue weighted by atomic mass is 35.5. The van der Waals surface area contributed by atoms with Gasteiger partial charge in [0.1, 0.15) is 0 Å². The monoisotopic (exact) mass is 222 g/mol. The van der Waals surface area contributed by atoms with Gasteiger partial charge in [0.15, 0.2) is 0 Å². The van der Waals surface area contributed by atoms with E-state index in [2.05, 4.69) is 4.98 Å². The van der Waals surface area contributed by atoms with E-state index in [9.17, 15) is 8.78 Å². The topological polar surface area (TPSA) is 48.1 Å². The van der Waals surface area contributed by atoms with Crippen LogP contribution in [0.15, 0.2) is 12.3 Å². The number of rotatable bonds is 3. The third-order valence-corrected chi connectivity index (χ3v) is 1.99. The summed E-state index contributed by atoms with van der Waals surface area (Å²) >= 11 is 5.56. The maximum atomic E-state index is 13.2. The minimum Gasteiger partial charge on any atom is -0.481 e. The first kappa shape index (κ1) is 11.1. The van der Waals surface area contributed by atoms with Crippen LogP contribution in [0, 0.1) is 0 Å². The number of ether oxygens (including phenoxy) is 1. The van der Waals surface area contributed by atoms with Crippen molar-refractivity contribution in [2.45, 2.75) is 5.92 Å². The predicted octanol–water partition coefficient (Wildman–Crippen LogP) is 1.79. The third-order valence-electron chi connectivity index (χ3n) is 1.69. The lowest BCUT2D eigenvalue weighted by Crippen LogP contribution is -2.25. The van der Waals surface area contributed by atoms with Crippen LogP contribution in [0.2, 0.25) is 5.02 Å². The third kappa shape index (κ3) is 2.10. The Labute approximate surface area is 84.8 Å². The lowest BCUT2D eigenvalue weighted by Gasteiger charge is -2.15. The molecule has 1 heterocycles. The summed E-state index contributed by atoms with van der Waals surface area (Å²) in [4.78, 5) is 3.68. The molecule has 0 aliphatic carbocycles. The van der Waals surface area contributed by atoms with Crippen molar-refractivity contribution >= 4 is 11.6 Å². The SMILES string of the molecule is COc1cc(C(F)(F)CN)c(Cl)cn1. The van der Waals surface area contributed by atoms with Crippen molar-refractivity contribution in [2.75, 3.05) is 13.7 Å². The quantitative estimate of drug-likeness (QED) is 0.848. The number of methoxy groups -OCH3 is 1. The van der Waals surface area contributed by atoms with Crippen molar-refractivity contribution in [3.8, 4) is 5.88 Å². The summed E-state index contributed by atoms with van der Waals surface area (Å²) in [6.07, 6.45) is 1.11. The van der Waals surface area contributed by atoms with Gasteiger partial charge >= 0.3 is 0 Å². The molecule has 0 aliphatic heterocycles. The maximum Gasteiger partial charge on any atom is 0.286 e. The van der Waals surface area contributed by atoms with Crippen LogP contribution in [0.5, 0.6) is 5.88 Å². The van der Waals surface area contributed by atoms with Gasteiger partial charge in [-0.2, -0.15) is 8.78 Å². The molecule has 0 aromatic carbocycles. The highest BCUT2D eigenvalue weighted by molar-refractivity contribution is 6.31. The minimum absolute atomic E-state index is 0.0810. The van der Waals surface area contributed by atoms with Crippen molar-refractivity contribution in [1.29, 1.82) is 0 Å². The van der Waals surface area contributed by atoms with E-state index in [0.717, 1.165) is 12.3 Å². The van der Waals surface area contributed by atoms with Crippen LogP contribution >= 0.6 is 11.6 Å². The molecule has 0 unspecified atom stereocenters. The number of alkyl halides is 2. The molecule has 78 valence electrons. The maximum absolute atomic E-state index is 13.2. The van der Waals surface area contributed by atoms with Crippen LogP contribution < -0.4 is 10.5 Å². The van der Waals surface area contributed by atoms with Crippen LogP contribution in [-0.2, 0) is 5.92 Å². The van der Waals surface area contributed by atoms with Crippen LogP contribution in [0.25, 0.3) is 0 Å². The summed E-state index contributed by atoms with van der Waals surface area (Å²) in [6, 6.07) is 1.08. The molecule has 0 saturated carbocycles. The number of halogens is 3. The van der Waals surface area contributed by atoms with E-state index in [1.54, 1.807) is 0 Å². The lowest BCUT2D eigenvalue weighted by atomic mass is 10.1. The van der Waals surface area contributed by atoms with Gasteiger partial charge in [-0.25, -0.2) is 4.98 Å². The highest BCUT2D eigenvalue weighted by Gasteiger charge is 2.32. The van der Waals surface area contributed by atoms with Gasteiger partial charge in [-0.1, -0.05) is 11.6 Å². The van der Waals surface area contributed by atoms with Crippen molar-refractivity contribution in [2.24, 2.45) is 5.73 Å². The van der Waals surface area contributed by atoms with Gasteiger partial charge in [-0.05, 0) is 0 Å². The molecular formula is C8H9ClF2N2O. The fourth-order valence-electron chi connectivity index (χ4n) is 0.921. The largest absolute Gasteiger partial charge is 0.481 e. The molecule has 0 fully saturated rings. The van der Waals surface area contributed by atoms with Gasteiger partial charge in [0.25, 0.3) is 5.92 Å². The molecule has 0 radical (unpaired) electrons. The molecule has 0 saturated heterocycles. The standard InChI is InChI=1S/C8H9ClF2N2O/c1-14-7-2-5(6(9)3-13-7)8(10,11)4-12/h2-3H,4,12H2,1H3. The molecule has 0 amide bonds. The highest BCUT2D eigenvalue weighted by Crippen LogP contribution is 2.33. The summed E-state index contributed by atoms with van der Waals surface area (Å²) in [6.45, 7) is -0.806. The average Bonchev–Trinajstić information content (AvgIpc) is 2.18. The summed E-state index contributed by atoms with van der Waals surface area (Å²) in [5, 5.41) is -0.124. The molecule has 6 heteroatoms. The minimum atomic E-state index is -3.16. The van der Waals surface area contributed by atoms with E-state index in [4.69, 9.17) is 22.1 Å². The molecule has 0 atom stereocenters. The van der Waals surface area contributed by atoms with E-state index in [1.165, 1.54) is 7.11 Å². The van der Waals surface area contributed by atoms with Crippen LogP contribution in [-0.4, -0.2) is 18.6 Å². The number of hydrogen-bond acceptors (Lipinski definition) is 3. The van der Waals surface area contributed by atoms with E-state index in [0.29, 0.717) is 0 Å². The fourth-order valence-corrected chi connectivity index (χ4v) is 1.16. The Hall–Kier alpha value is -0.940. The second-order valence-corrected chi connectivity index (χ2v) is 3.02. The summed E-state index contributed by atoms with van der Waals surface area (Å²) < 4.78 is 31.0. The smallest absolute Gasteiger partial charge is 0.286 e. The molecule has 0 bridgehead atoms. The van der Waals surface area contributed by atoms with Crippen LogP contribution in [0.3, 0.4) is 0 Å². The molecule has 3 nitrogen and oxygen atoms in total. The van der Waals surface area contributed by atoms with Gasteiger partial charge in [0, 0.05) is 11.6 Å². The molecule has 2 N–H and O–H groups in total. The van der Waals surface area contributed by atoms with E-state index < -0.39 is 12.5 Å². The lowest BCUT2D eigenvalue weighted by molar-refractivity contribution is 0.00575. The molecule has 0 aliphatic rings. The van der Waals surface area contributed by atoms with Crippen LogP contribution in [0.1, 0.15) is 5.56 Å². The Morgan fingerprint density at radius 2 is 2.29 bits per heavy atom. The molecular weight excluding hydrogens is 214 g/mol. The van der Waals surface area contributed by atoms with Gasteiger partial charge in [-0.15, -0.1) is 0 Å². The van der Waals surface area contributed by atoms with Crippen molar-refractivity contribution in [3.63, 3.8) is 0 Å². The van der Waals surface area contributed by atoms with Crippen molar-refractivity contribution in [3.05, 3.63) is 22.8 Å². The Morgan fingerprint density at radius 3 is 2.79 bits per heavy atom. The summed E-state index contributed by atoms with van der Waals surface area (Å²) in [5.74, 6) is -3.08. The molecule has 1 aromatic heterocycles. The van der Waals surface area contributed by atoms with Gasteiger partial charge in [0.05, 0.1) is 24.9 Å². The van der Waals surface area contributed by atoms with Crippen molar-refractivity contribution in [1.82, 2.24) is 4.98 Å². The average molecular weight is 223 g/mol. The molecule has 0 spiro atoms. The first-order valence-corrected chi connectivity index (χ1v) is 4.17. The van der Waals surface area contributed by atoms with Gasteiger partial charge in [0.2, 0.25) is 5.88 Å². The first-order valence-electron chi connectivity index (χ1n) is 3.79. The number of aromatic nitrogens is 1. The second kappa shape index (κ2) is 4.06. The van der Waals surface area contributed by atoms with E-state index in [1.807, 2.05) is 0 Å². The summed E-state index contributed by atoms with van der Waals surface area (Å²) in [5.41, 5.74) is 4.56. The van der Waals surface area contributed by atoms with Gasteiger partial charge < -0.3 is 10.5 Å². The van der Waals surface area contributed by atoms with E-state index >= 15 is 0 Å². The zero-order valence-electron chi connectivity index (χ0n) is 7.43. The number of pyridine rings is 1. The Balaban J connectivity index is 3.18. The number of nitrogens with two attached hydrogens (primary N) is 1. The Morgan fingerprint density at radius 1 is 1.64 bits per heavy atom. The van der Waals surface area contributed by atoms with Crippen LogP contribution in [0.4, 0.5) is 8.78 Å². The van der Waals surface area contributed by atoms with Crippen molar-refractivity contribution < 1.29 is 13.5 Å². The Kier molecular flexibility index (Phi) is 3.23. The Bertz CT molecular complexity index is 333. The molecule has 14 heavy (non-hydrogen) atoms. The van der Waals surface area contributed by atoms with E-state index in [-0.39, 0.29) is 16.5 Å². The zero-order valence-corrected chi connectivity index (χ0v) is 8.18. The number of nitrogens with zero attached hydrogens (tertiary/aromatic N) is 1. The predicted molar refractivity (Wildman–Crippen MR) is 48.7 cm³/mol. The normalized spacial score (nSPS) is 11.5. The zero-order chi connectivity index (χ0) is 10.8. The first-order chi connectivity index (χ1) is 6.51. The summed E-state index contributed by atoms with van der Waals surface area (Å²) in [7, 11) is 1.33. The molecule has 1 aromatic rings. The van der Waals surface area contributed by atoms with Gasteiger partial charge in [-0.3, -0.25) is 0 Å². The fraction of sp³-hybridized carbons (Fsp3) is 0.375. The molecule has 1 rings (SSSR count).